The Morgan fingerprint density at radius 1 is 1.62 bits per heavy atom. The van der Waals surface area contributed by atoms with Crippen molar-refractivity contribution in [2.75, 3.05) is 0 Å². The van der Waals surface area contributed by atoms with Crippen molar-refractivity contribution in [1.82, 2.24) is 5.43 Å². The minimum absolute atomic E-state index is 1.00. The van der Waals surface area contributed by atoms with Gasteiger partial charge in [0.1, 0.15) is 0 Å². The predicted octanol–water partition coefficient (Wildman–Crippen LogP) is 2.99. The molecule has 0 bridgehead atoms. The minimum Gasteiger partial charge on any atom is -0.331 e. The number of hydrazine groups is 1. The van der Waals surface area contributed by atoms with Gasteiger partial charge in [-0.2, -0.15) is 0 Å². The van der Waals surface area contributed by atoms with Gasteiger partial charge in [0.2, 0.25) is 0 Å². The predicted molar refractivity (Wildman–Crippen MR) is 61.3 cm³/mol. The average Bonchev–Trinajstić information content (AvgIpc) is 2.70. The first kappa shape index (κ1) is 12.2. The lowest BCUT2D eigenvalue weighted by atomic mass is 10.2. The quantitative estimate of drug-likeness (QED) is 0.579. The van der Waals surface area contributed by atoms with Crippen LogP contribution in [0.1, 0.15) is 32.1 Å². The van der Waals surface area contributed by atoms with E-state index < -0.39 is 0 Å². The minimum atomic E-state index is 1.00. The van der Waals surface area contributed by atoms with Crippen LogP contribution in [-0.2, 0) is 0 Å². The fraction of sp³-hybridized carbons (Fsp3) is 0.400. The Labute approximate surface area is 84.4 Å². The van der Waals surface area contributed by atoms with Gasteiger partial charge < -0.3 is 5.43 Å². The molecule has 3 N–H and O–H groups in total. The Balaban J connectivity index is 0.000000671. The van der Waals surface area contributed by atoms with E-state index in [2.05, 4.69) is 23.8 Å². The summed E-state index contributed by atoms with van der Waals surface area (Å²) in [6.07, 6.45) is 2.84. The van der Waals surface area contributed by atoms with Crippen molar-refractivity contribution >= 4 is 16.9 Å². The van der Waals surface area contributed by atoms with E-state index in [1.165, 1.54) is 10.5 Å². The third-order valence-electron chi connectivity index (χ3n) is 1.48. The lowest BCUT2D eigenvalue weighted by Gasteiger charge is -1.99. The maximum Gasteiger partial charge on any atom is 0.0317 e. The Bertz CT molecular complexity index is 227. The van der Waals surface area contributed by atoms with Crippen LogP contribution in [0.15, 0.2) is 23.7 Å². The van der Waals surface area contributed by atoms with Crippen molar-refractivity contribution in [1.29, 1.82) is 0 Å². The third kappa shape index (κ3) is 4.10. The van der Waals surface area contributed by atoms with Crippen molar-refractivity contribution in [3.8, 4) is 0 Å². The van der Waals surface area contributed by atoms with E-state index in [4.69, 9.17) is 5.84 Å². The Morgan fingerprint density at radius 3 is 2.69 bits per heavy atom. The molecule has 0 aliphatic rings. The average molecular weight is 198 g/mol. The monoisotopic (exact) mass is 198 g/mol. The Hall–Kier alpha value is -0.800. The van der Waals surface area contributed by atoms with Crippen LogP contribution >= 0.6 is 11.3 Å². The van der Waals surface area contributed by atoms with E-state index in [-0.39, 0.29) is 0 Å². The Morgan fingerprint density at radius 2 is 2.31 bits per heavy atom. The van der Waals surface area contributed by atoms with Crippen LogP contribution in [0.5, 0.6) is 0 Å². The second-order valence-electron chi connectivity index (χ2n) is 2.17. The first-order chi connectivity index (χ1) is 6.38. The standard InChI is InChI=1S/C8H12N2S.C2H6/c1-2-7(6-10-9)8-4-3-5-11-8;1-2/h3-6,10H,2,9H2,1H3;1-2H3/b7-6+;. The molecule has 3 heteroatoms. The molecule has 0 aliphatic carbocycles. The number of allylic oxidation sites excluding steroid dienone is 1. The van der Waals surface area contributed by atoms with Gasteiger partial charge in [-0.05, 0) is 23.4 Å². The molecule has 0 saturated heterocycles. The second kappa shape index (κ2) is 7.83. The van der Waals surface area contributed by atoms with Crippen LogP contribution in [0.2, 0.25) is 0 Å². The molecule has 0 spiro atoms. The molecule has 0 unspecified atom stereocenters. The Kier molecular flexibility index (Phi) is 7.35. The van der Waals surface area contributed by atoms with Crippen molar-refractivity contribution < 1.29 is 0 Å². The lowest BCUT2D eigenvalue weighted by molar-refractivity contribution is 0.963. The summed E-state index contributed by atoms with van der Waals surface area (Å²) in [7, 11) is 0. The van der Waals surface area contributed by atoms with Crippen molar-refractivity contribution in [2.24, 2.45) is 5.84 Å². The van der Waals surface area contributed by atoms with Gasteiger partial charge in [0.25, 0.3) is 0 Å². The molecule has 1 heterocycles. The number of thiophene rings is 1. The number of nitrogens with two attached hydrogens (primary N) is 1. The van der Waals surface area contributed by atoms with Crippen molar-refractivity contribution in [3.05, 3.63) is 28.6 Å². The summed E-state index contributed by atoms with van der Waals surface area (Å²) in [5.74, 6) is 5.19. The summed E-state index contributed by atoms with van der Waals surface area (Å²) >= 11 is 1.73. The normalized spacial score (nSPS) is 10.3. The van der Waals surface area contributed by atoms with Gasteiger partial charge in [-0.15, -0.1) is 11.3 Å². The van der Waals surface area contributed by atoms with Crippen LogP contribution in [-0.4, -0.2) is 0 Å². The van der Waals surface area contributed by atoms with Crippen LogP contribution in [0.25, 0.3) is 5.57 Å². The molecule has 1 aromatic heterocycles. The molecule has 0 radical (unpaired) electrons. The van der Waals surface area contributed by atoms with E-state index in [0.717, 1.165) is 6.42 Å². The van der Waals surface area contributed by atoms with E-state index in [1.54, 1.807) is 11.3 Å². The van der Waals surface area contributed by atoms with Crippen molar-refractivity contribution in [2.45, 2.75) is 27.2 Å². The summed E-state index contributed by atoms with van der Waals surface area (Å²) < 4.78 is 0. The SMILES string of the molecule is CC.CC/C(=C\NN)c1cccs1. The van der Waals surface area contributed by atoms with Crippen LogP contribution in [0.3, 0.4) is 0 Å². The smallest absolute Gasteiger partial charge is 0.0317 e. The van der Waals surface area contributed by atoms with Gasteiger partial charge in [-0.1, -0.05) is 26.8 Å². The van der Waals surface area contributed by atoms with E-state index in [9.17, 15) is 0 Å². The van der Waals surface area contributed by atoms with Gasteiger partial charge in [0.15, 0.2) is 0 Å². The van der Waals surface area contributed by atoms with Crippen LogP contribution < -0.4 is 11.3 Å². The highest BCUT2D eigenvalue weighted by Gasteiger charge is 1.97. The summed E-state index contributed by atoms with van der Waals surface area (Å²) in [6, 6.07) is 4.14. The number of nitrogens with one attached hydrogen (secondary N) is 1. The van der Waals surface area contributed by atoms with E-state index in [1.807, 2.05) is 26.1 Å². The highest BCUT2D eigenvalue weighted by molar-refractivity contribution is 7.11. The zero-order valence-corrected chi connectivity index (χ0v) is 9.32. The first-order valence-electron chi connectivity index (χ1n) is 4.57. The fourth-order valence-electron chi connectivity index (χ4n) is 0.909. The van der Waals surface area contributed by atoms with Gasteiger partial charge in [-0.3, -0.25) is 5.84 Å². The van der Waals surface area contributed by atoms with E-state index in [0.29, 0.717) is 0 Å². The number of hydrogen-bond donors (Lipinski definition) is 2. The van der Waals surface area contributed by atoms with Gasteiger partial charge in [0.05, 0.1) is 0 Å². The molecule has 0 atom stereocenters. The van der Waals surface area contributed by atoms with Gasteiger partial charge in [0, 0.05) is 11.1 Å². The maximum absolute atomic E-state index is 5.19. The number of hydrogen-bond acceptors (Lipinski definition) is 3. The molecule has 0 aliphatic heterocycles. The molecular formula is C10H18N2S. The summed E-state index contributed by atoms with van der Waals surface area (Å²) in [6.45, 7) is 6.11. The topological polar surface area (TPSA) is 38.0 Å². The molecule has 0 saturated carbocycles. The van der Waals surface area contributed by atoms with E-state index >= 15 is 0 Å². The molecule has 0 fully saturated rings. The second-order valence-corrected chi connectivity index (χ2v) is 3.11. The fourth-order valence-corrected chi connectivity index (χ4v) is 1.72. The highest BCUT2D eigenvalue weighted by Crippen LogP contribution is 2.21. The zero-order chi connectivity index (χ0) is 10.1. The molecular weight excluding hydrogens is 180 g/mol. The van der Waals surface area contributed by atoms with Crippen molar-refractivity contribution in [3.63, 3.8) is 0 Å². The van der Waals surface area contributed by atoms with Crippen LogP contribution in [0, 0.1) is 0 Å². The largest absolute Gasteiger partial charge is 0.331 e. The molecule has 13 heavy (non-hydrogen) atoms. The molecule has 1 aromatic rings. The van der Waals surface area contributed by atoms with Gasteiger partial charge >= 0.3 is 0 Å². The summed E-state index contributed by atoms with van der Waals surface area (Å²) in [5.41, 5.74) is 3.80. The number of rotatable bonds is 3. The lowest BCUT2D eigenvalue weighted by Crippen LogP contribution is -2.13. The summed E-state index contributed by atoms with van der Waals surface area (Å²) in [5, 5.41) is 2.06. The maximum atomic E-state index is 5.19. The third-order valence-corrected chi connectivity index (χ3v) is 2.42. The zero-order valence-electron chi connectivity index (χ0n) is 8.50. The molecule has 2 nitrogen and oxygen atoms in total. The van der Waals surface area contributed by atoms with Gasteiger partial charge in [-0.25, -0.2) is 0 Å². The molecule has 0 aromatic carbocycles. The molecule has 1 rings (SSSR count). The molecule has 0 amide bonds. The van der Waals surface area contributed by atoms with Crippen LogP contribution in [0.4, 0.5) is 0 Å². The first-order valence-corrected chi connectivity index (χ1v) is 5.45. The highest BCUT2D eigenvalue weighted by atomic mass is 32.1. The molecule has 74 valence electrons. The summed E-state index contributed by atoms with van der Waals surface area (Å²) in [4.78, 5) is 1.28.